The zero-order valence-corrected chi connectivity index (χ0v) is 8.46. The highest BCUT2D eigenvalue weighted by molar-refractivity contribution is 5.90. The third kappa shape index (κ3) is 1.87. The fourth-order valence-corrected chi connectivity index (χ4v) is 1.40. The van der Waals surface area contributed by atoms with E-state index in [4.69, 9.17) is 5.11 Å². The van der Waals surface area contributed by atoms with Crippen LogP contribution >= 0.6 is 0 Å². The molecule has 1 saturated carbocycles. The number of likely N-dealkylation sites (N-methyl/N-ethyl adjacent to an activating group) is 1. The number of amides is 1. The average molecular weight is 200 g/mol. The third-order valence-electron chi connectivity index (χ3n) is 2.81. The Balaban J connectivity index is 2.57. The van der Waals surface area contributed by atoms with Crippen molar-refractivity contribution in [3.8, 4) is 0 Å². The maximum atomic E-state index is 11.4. The van der Waals surface area contributed by atoms with Crippen LogP contribution in [0.3, 0.4) is 0 Å². The molecule has 3 N–H and O–H groups in total. The Hall–Kier alpha value is -1.10. The van der Waals surface area contributed by atoms with Gasteiger partial charge in [0.25, 0.3) is 0 Å². The number of aliphatic carboxylic acids is 1. The van der Waals surface area contributed by atoms with Crippen molar-refractivity contribution < 1.29 is 14.7 Å². The first-order valence-electron chi connectivity index (χ1n) is 4.74. The molecule has 0 aromatic carbocycles. The van der Waals surface area contributed by atoms with Crippen molar-refractivity contribution in [2.45, 2.75) is 37.8 Å². The van der Waals surface area contributed by atoms with Gasteiger partial charge in [-0.15, -0.1) is 0 Å². The lowest BCUT2D eigenvalue weighted by atomic mass is 9.76. The molecular formula is C9H16N2O3. The quantitative estimate of drug-likeness (QED) is 0.583. The topological polar surface area (TPSA) is 78.4 Å². The number of nitrogens with one attached hydrogen (secondary N) is 2. The lowest BCUT2D eigenvalue weighted by Gasteiger charge is -2.38. The minimum atomic E-state index is -0.998. The second kappa shape index (κ2) is 3.96. The van der Waals surface area contributed by atoms with E-state index in [2.05, 4.69) is 10.6 Å². The van der Waals surface area contributed by atoms with E-state index in [0.29, 0.717) is 12.8 Å². The summed E-state index contributed by atoms with van der Waals surface area (Å²) in [6.07, 6.45) is 1.93. The standard InChI is InChI=1S/C9H16N2O3/c1-6(10-2)7(12)11-9(8(13)14)4-3-5-9/h6,10H,3-5H2,1-2H3,(H,11,12)(H,13,14). The van der Waals surface area contributed by atoms with Gasteiger partial charge in [0.05, 0.1) is 6.04 Å². The van der Waals surface area contributed by atoms with Crippen LogP contribution in [0.1, 0.15) is 26.2 Å². The Morgan fingerprint density at radius 1 is 1.43 bits per heavy atom. The number of hydrogen-bond acceptors (Lipinski definition) is 3. The number of carbonyl (C=O) groups is 2. The highest BCUT2D eigenvalue weighted by atomic mass is 16.4. The summed E-state index contributed by atoms with van der Waals surface area (Å²) < 4.78 is 0. The molecular weight excluding hydrogens is 184 g/mol. The predicted molar refractivity (Wildman–Crippen MR) is 50.9 cm³/mol. The molecule has 1 rings (SSSR count). The molecule has 0 bridgehead atoms. The Morgan fingerprint density at radius 3 is 2.29 bits per heavy atom. The Kier molecular flexibility index (Phi) is 3.10. The van der Waals surface area contributed by atoms with Gasteiger partial charge in [-0.3, -0.25) is 4.79 Å². The highest BCUT2D eigenvalue weighted by Crippen LogP contribution is 2.31. The fourth-order valence-electron chi connectivity index (χ4n) is 1.40. The molecule has 0 heterocycles. The minimum Gasteiger partial charge on any atom is -0.480 e. The molecule has 1 amide bonds. The van der Waals surface area contributed by atoms with Crippen LogP contribution in [0.25, 0.3) is 0 Å². The first-order chi connectivity index (χ1) is 6.52. The van der Waals surface area contributed by atoms with Crippen molar-refractivity contribution in [1.82, 2.24) is 10.6 Å². The number of hydrogen-bond donors (Lipinski definition) is 3. The van der Waals surface area contributed by atoms with E-state index in [-0.39, 0.29) is 11.9 Å². The van der Waals surface area contributed by atoms with Crippen molar-refractivity contribution in [2.24, 2.45) is 0 Å². The third-order valence-corrected chi connectivity index (χ3v) is 2.81. The first-order valence-corrected chi connectivity index (χ1v) is 4.74. The normalized spacial score (nSPS) is 20.7. The molecule has 0 aromatic heterocycles. The SMILES string of the molecule is CNC(C)C(=O)NC1(C(=O)O)CCC1. The van der Waals surface area contributed by atoms with Crippen LogP contribution in [0, 0.1) is 0 Å². The van der Waals surface area contributed by atoms with Crippen molar-refractivity contribution in [3.05, 3.63) is 0 Å². The predicted octanol–water partition coefficient (Wildman–Crippen LogP) is -0.282. The maximum Gasteiger partial charge on any atom is 0.329 e. The molecule has 0 aliphatic heterocycles. The van der Waals surface area contributed by atoms with Gasteiger partial charge in [-0.1, -0.05) is 0 Å². The van der Waals surface area contributed by atoms with Gasteiger partial charge in [0.2, 0.25) is 5.91 Å². The van der Waals surface area contributed by atoms with Crippen LogP contribution in [0.5, 0.6) is 0 Å². The van der Waals surface area contributed by atoms with Crippen LogP contribution in [0.15, 0.2) is 0 Å². The van der Waals surface area contributed by atoms with Gasteiger partial charge in [-0.25, -0.2) is 4.79 Å². The van der Waals surface area contributed by atoms with Crippen molar-refractivity contribution in [1.29, 1.82) is 0 Å². The molecule has 0 spiro atoms. The Bertz CT molecular complexity index is 248. The number of carboxylic acid groups (broad SMARTS) is 1. The number of carboxylic acids is 1. The summed E-state index contributed by atoms with van der Waals surface area (Å²) in [4.78, 5) is 22.4. The largest absolute Gasteiger partial charge is 0.480 e. The maximum absolute atomic E-state index is 11.4. The van der Waals surface area contributed by atoms with E-state index >= 15 is 0 Å². The van der Waals surface area contributed by atoms with Gasteiger partial charge in [0, 0.05) is 0 Å². The van der Waals surface area contributed by atoms with E-state index in [9.17, 15) is 9.59 Å². The van der Waals surface area contributed by atoms with Gasteiger partial charge < -0.3 is 15.7 Å². The molecule has 0 aromatic rings. The van der Waals surface area contributed by atoms with Crippen molar-refractivity contribution in [3.63, 3.8) is 0 Å². The van der Waals surface area contributed by atoms with E-state index in [1.165, 1.54) is 0 Å². The van der Waals surface area contributed by atoms with Gasteiger partial charge >= 0.3 is 5.97 Å². The smallest absolute Gasteiger partial charge is 0.329 e. The fraction of sp³-hybridized carbons (Fsp3) is 0.778. The number of rotatable bonds is 4. The summed E-state index contributed by atoms with van der Waals surface area (Å²) in [5.74, 6) is -1.19. The molecule has 14 heavy (non-hydrogen) atoms. The molecule has 80 valence electrons. The molecule has 0 saturated heterocycles. The first kappa shape index (κ1) is 11.0. The van der Waals surface area contributed by atoms with Gasteiger partial charge in [0.15, 0.2) is 0 Å². The van der Waals surface area contributed by atoms with E-state index in [1.54, 1.807) is 14.0 Å². The molecule has 1 atom stereocenters. The second-order valence-electron chi connectivity index (χ2n) is 3.74. The Morgan fingerprint density at radius 2 is 2.00 bits per heavy atom. The minimum absolute atomic E-state index is 0.255. The summed E-state index contributed by atoms with van der Waals surface area (Å²) >= 11 is 0. The lowest BCUT2D eigenvalue weighted by molar-refractivity contribution is -0.152. The Labute approximate surface area is 82.9 Å². The van der Waals surface area contributed by atoms with Gasteiger partial charge in [0.1, 0.15) is 5.54 Å². The average Bonchev–Trinajstić information content (AvgIpc) is 2.08. The zero-order valence-electron chi connectivity index (χ0n) is 8.46. The lowest BCUT2D eigenvalue weighted by Crippen LogP contribution is -2.61. The summed E-state index contributed by atoms with van der Waals surface area (Å²) in [5.41, 5.74) is -0.998. The van der Waals surface area contributed by atoms with Crippen LogP contribution < -0.4 is 10.6 Å². The van der Waals surface area contributed by atoms with Crippen molar-refractivity contribution >= 4 is 11.9 Å². The summed E-state index contributed by atoms with van der Waals surface area (Å²) in [7, 11) is 1.67. The number of carbonyl (C=O) groups excluding carboxylic acids is 1. The molecule has 1 unspecified atom stereocenters. The molecule has 5 heteroatoms. The monoisotopic (exact) mass is 200 g/mol. The summed E-state index contributed by atoms with van der Waals surface area (Å²) in [6.45, 7) is 1.70. The van der Waals surface area contributed by atoms with E-state index in [1.807, 2.05) is 0 Å². The molecule has 5 nitrogen and oxygen atoms in total. The highest BCUT2D eigenvalue weighted by Gasteiger charge is 2.45. The van der Waals surface area contributed by atoms with Crippen LogP contribution in [0.4, 0.5) is 0 Å². The molecule has 1 aliphatic carbocycles. The van der Waals surface area contributed by atoms with Gasteiger partial charge in [-0.2, -0.15) is 0 Å². The summed E-state index contributed by atoms with van der Waals surface area (Å²) in [6, 6.07) is -0.355. The molecule has 1 aliphatic rings. The van der Waals surface area contributed by atoms with Crippen molar-refractivity contribution in [2.75, 3.05) is 7.05 Å². The van der Waals surface area contributed by atoms with E-state index < -0.39 is 11.5 Å². The molecule has 0 radical (unpaired) electrons. The second-order valence-corrected chi connectivity index (χ2v) is 3.74. The van der Waals surface area contributed by atoms with Crippen LogP contribution in [-0.4, -0.2) is 35.6 Å². The van der Waals surface area contributed by atoms with E-state index in [0.717, 1.165) is 6.42 Å². The van der Waals surface area contributed by atoms with Gasteiger partial charge in [-0.05, 0) is 33.2 Å². The summed E-state index contributed by atoms with van der Waals surface area (Å²) in [5, 5.41) is 14.3. The zero-order chi connectivity index (χ0) is 10.8. The molecule has 1 fully saturated rings. The van der Waals surface area contributed by atoms with Crippen LogP contribution in [0.2, 0.25) is 0 Å². The van der Waals surface area contributed by atoms with Crippen LogP contribution in [-0.2, 0) is 9.59 Å².